The van der Waals surface area contributed by atoms with Gasteiger partial charge in [-0.2, -0.15) is 0 Å². The summed E-state index contributed by atoms with van der Waals surface area (Å²) in [6.45, 7) is 3.29. The lowest BCUT2D eigenvalue weighted by molar-refractivity contribution is -0.144. The maximum absolute atomic E-state index is 13.4. The molecule has 1 saturated heterocycles. The number of hydrogen-bond donors (Lipinski definition) is 1. The standard InChI is InChI=1S/C25H27ClN2O4/c1-16-24(25(30)17-5-7-18(26)8-6-17)21-10-9-20(31-2)14-22(21)28(16)15-23(29)32-13-11-19-4-3-12-27-19/h5-10,14,19,27H,3-4,11-13,15H2,1-2H3. The second-order valence-electron chi connectivity index (χ2n) is 8.07. The van der Waals surface area contributed by atoms with Crippen molar-refractivity contribution < 1.29 is 19.1 Å². The van der Waals surface area contributed by atoms with Crippen LogP contribution in [-0.4, -0.2) is 42.6 Å². The van der Waals surface area contributed by atoms with Crippen LogP contribution in [-0.2, 0) is 16.1 Å². The second kappa shape index (κ2) is 9.76. The van der Waals surface area contributed by atoms with Crippen LogP contribution in [0.5, 0.6) is 5.75 Å². The Hall–Kier alpha value is -2.83. The first-order valence-electron chi connectivity index (χ1n) is 10.8. The Morgan fingerprint density at radius 1 is 1.19 bits per heavy atom. The van der Waals surface area contributed by atoms with Crippen LogP contribution in [0.3, 0.4) is 0 Å². The molecule has 1 atom stereocenters. The number of rotatable bonds is 8. The van der Waals surface area contributed by atoms with Crippen LogP contribution in [0.25, 0.3) is 10.9 Å². The molecule has 168 valence electrons. The van der Waals surface area contributed by atoms with E-state index in [2.05, 4.69) is 5.32 Å². The average molecular weight is 455 g/mol. The number of esters is 1. The molecule has 32 heavy (non-hydrogen) atoms. The summed E-state index contributed by atoms with van der Waals surface area (Å²) in [6.07, 6.45) is 3.10. The number of fused-ring (bicyclic) bond motifs is 1. The number of benzene rings is 2. The molecule has 0 spiro atoms. The van der Waals surface area contributed by atoms with Crippen LogP contribution in [0.4, 0.5) is 0 Å². The summed E-state index contributed by atoms with van der Waals surface area (Å²) in [6, 6.07) is 12.8. The van der Waals surface area contributed by atoms with Gasteiger partial charge in [0.25, 0.3) is 0 Å². The number of aromatic nitrogens is 1. The third-order valence-corrected chi connectivity index (χ3v) is 6.30. The summed E-state index contributed by atoms with van der Waals surface area (Å²) in [5, 5.41) is 4.74. The highest BCUT2D eigenvalue weighted by atomic mass is 35.5. The number of ketones is 1. The summed E-state index contributed by atoms with van der Waals surface area (Å²) >= 11 is 5.98. The van der Waals surface area contributed by atoms with E-state index in [1.165, 1.54) is 6.42 Å². The molecule has 1 unspecified atom stereocenters. The van der Waals surface area contributed by atoms with Crippen LogP contribution in [0.2, 0.25) is 5.02 Å². The average Bonchev–Trinajstić information content (AvgIpc) is 3.40. The minimum atomic E-state index is -0.323. The Labute approximate surface area is 192 Å². The van der Waals surface area contributed by atoms with E-state index in [0.29, 0.717) is 40.2 Å². The van der Waals surface area contributed by atoms with Gasteiger partial charge in [0, 0.05) is 33.8 Å². The van der Waals surface area contributed by atoms with Crippen LogP contribution in [0.15, 0.2) is 42.5 Å². The summed E-state index contributed by atoms with van der Waals surface area (Å²) in [5.74, 6) is 0.215. The van der Waals surface area contributed by atoms with Gasteiger partial charge in [-0.15, -0.1) is 0 Å². The predicted molar refractivity (Wildman–Crippen MR) is 125 cm³/mol. The fraction of sp³-hybridized carbons (Fsp3) is 0.360. The normalized spacial score (nSPS) is 15.8. The van der Waals surface area contributed by atoms with Crippen molar-refractivity contribution in [3.05, 3.63) is 64.3 Å². The van der Waals surface area contributed by atoms with Crippen LogP contribution in [0, 0.1) is 6.92 Å². The molecule has 0 aliphatic carbocycles. The van der Waals surface area contributed by atoms with Crippen molar-refractivity contribution in [1.82, 2.24) is 9.88 Å². The van der Waals surface area contributed by atoms with E-state index in [4.69, 9.17) is 21.1 Å². The third kappa shape index (κ3) is 4.66. The van der Waals surface area contributed by atoms with E-state index in [9.17, 15) is 9.59 Å². The fourth-order valence-electron chi connectivity index (χ4n) is 4.31. The first-order valence-corrected chi connectivity index (χ1v) is 11.2. The van der Waals surface area contributed by atoms with Gasteiger partial charge in [-0.1, -0.05) is 11.6 Å². The monoisotopic (exact) mass is 454 g/mol. The molecule has 4 rings (SSSR count). The van der Waals surface area contributed by atoms with E-state index >= 15 is 0 Å². The lowest BCUT2D eigenvalue weighted by atomic mass is 10.0. The highest BCUT2D eigenvalue weighted by Gasteiger charge is 2.23. The molecule has 1 aliphatic heterocycles. The molecule has 0 radical (unpaired) electrons. The first-order chi connectivity index (χ1) is 15.5. The molecular formula is C25H27ClN2O4. The second-order valence-corrected chi connectivity index (χ2v) is 8.50. The van der Waals surface area contributed by atoms with E-state index in [-0.39, 0.29) is 18.3 Å². The zero-order chi connectivity index (χ0) is 22.7. The minimum Gasteiger partial charge on any atom is -0.497 e. The van der Waals surface area contributed by atoms with Crippen molar-refractivity contribution in [3.63, 3.8) is 0 Å². The smallest absolute Gasteiger partial charge is 0.325 e. The number of nitrogens with one attached hydrogen (secondary N) is 1. The van der Waals surface area contributed by atoms with Gasteiger partial charge in [-0.3, -0.25) is 9.59 Å². The number of nitrogens with zero attached hydrogens (tertiary/aromatic N) is 1. The van der Waals surface area contributed by atoms with Crippen molar-refractivity contribution in [2.24, 2.45) is 0 Å². The van der Waals surface area contributed by atoms with Crippen molar-refractivity contribution in [1.29, 1.82) is 0 Å². The van der Waals surface area contributed by atoms with E-state index in [0.717, 1.165) is 30.3 Å². The van der Waals surface area contributed by atoms with Gasteiger partial charge in [-0.05, 0) is 69.1 Å². The molecular weight excluding hydrogens is 428 g/mol. The Morgan fingerprint density at radius 3 is 2.66 bits per heavy atom. The van der Waals surface area contributed by atoms with Crippen molar-refractivity contribution in [2.45, 2.75) is 38.8 Å². The zero-order valence-electron chi connectivity index (χ0n) is 18.3. The number of carbonyl (C=O) groups is 2. The molecule has 1 aliphatic rings. The van der Waals surface area contributed by atoms with Crippen LogP contribution >= 0.6 is 11.6 Å². The molecule has 3 aromatic rings. The van der Waals surface area contributed by atoms with Gasteiger partial charge < -0.3 is 19.4 Å². The Morgan fingerprint density at radius 2 is 1.97 bits per heavy atom. The lowest BCUT2D eigenvalue weighted by Gasteiger charge is -2.12. The molecule has 1 N–H and O–H groups in total. The zero-order valence-corrected chi connectivity index (χ0v) is 19.1. The summed E-state index contributed by atoms with van der Waals surface area (Å²) < 4.78 is 12.7. The Bertz CT molecular complexity index is 1130. The molecule has 7 heteroatoms. The lowest BCUT2D eigenvalue weighted by Crippen LogP contribution is -2.24. The summed E-state index contributed by atoms with van der Waals surface area (Å²) in [7, 11) is 1.59. The summed E-state index contributed by atoms with van der Waals surface area (Å²) in [4.78, 5) is 26.0. The van der Waals surface area contributed by atoms with E-state index in [1.807, 2.05) is 29.7 Å². The largest absolute Gasteiger partial charge is 0.497 e. The van der Waals surface area contributed by atoms with Gasteiger partial charge in [0.05, 0.1) is 24.8 Å². The van der Waals surface area contributed by atoms with Crippen molar-refractivity contribution in [3.8, 4) is 5.75 Å². The van der Waals surface area contributed by atoms with Crippen LogP contribution in [0.1, 0.15) is 40.9 Å². The molecule has 2 heterocycles. The van der Waals surface area contributed by atoms with Gasteiger partial charge in [0.2, 0.25) is 0 Å². The maximum atomic E-state index is 13.4. The highest BCUT2D eigenvalue weighted by molar-refractivity contribution is 6.30. The number of halogens is 1. The quantitative estimate of drug-likeness (QED) is 0.400. The Balaban J connectivity index is 1.62. The molecule has 6 nitrogen and oxygen atoms in total. The van der Waals surface area contributed by atoms with Crippen molar-refractivity contribution >= 4 is 34.3 Å². The minimum absolute atomic E-state index is 0.0293. The predicted octanol–water partition coefficient (Wildman–Crippen LogP) is 4.53. The fourth-order valence-corrected chi connectivity index (χ4v) is 4.44. The Kier molecular flexibility index (Phi) is 6.82. The molecule has 2 aromatic carbocycles. The number of carbonyl (C=O) groups excluding carboxylic acids is 2. The molecule has 0 amide bonds. The molecule has 0 bridgehead atoms. The maximum Gasteiger partial charge on any atom is 0.325 e. The third-order valence-electron chi connectivity index (χ3n) is 6.04. The molecule has 1 aromatic heterocycles. The summed E-state index contributed by atoms with van der Waals surface area (Å²) in [5.41, 5.74) is 2.57. The van der Waals surface area contributed by atoms with E-state index < -0.39 is 0 Å². The van der Waals surface area contributed by atoms with Crippen LogP contribution < -0.4 is 10.1 Å². The SMILES string of the molecule is COc1ccc2c(C(=O)c3ccc(Cl)cc3)c(C)n(CC(=O)OCCC3CCCN3)c2c1. The first kappa shape index (κ1) is 22.4. The van der Waals surface area contributed by atoms with Crippen molar-refractivity contribution in [2.75, 3.05) is 20.3 Å². The topological polar surface area (TPSA) is 69.6 Å². The van der Waals surface area contributed by atoms with Gasteiger partial charge in [0.15, 0.2) is 5.78 Å². The van der Waals surface area contributed by atoms with Gasteiger partial charge >= 0.3 is 5.97 Å². The van der Waals surface area contributed by atoms with Gasteiger partial charge in [-0.25, -0.2) is 0 Å². The van der Waals surface area contributed by atoms with Gasteiger partial charge in [0.1, 0.15) is 12.3 Å². The number of methoxy groups -OCH3 is 1. The molecule has 1 fully saturated rings. The number of ether oxygens (including phenoxy) is 2. The number of hydrogen-bond acceptors (Lipinski definition) is 5. The molecule has 0 saturated carbocycles. The van der Waals surface area contributed by atoms with E-state index in [1.54, 1.807) is 31.4 Å². The highest BCUT2D eigenvalue weighted by Crippen LogP contribution is 2.31.